The molecule has 1 nitrogen and oxygen atoms in total. The standard InChI is InChI=1S/C11H13ClO/c1-8(2)6-9-7-10(12)4-5-11(9)13-3/h4-5,7H,1,6H2,2-3H3. The van der Waals surface area contributed by atoms with Crippen LogP contribution in [-0.4, -0.2) is 7.11 Å². The minimum Gasteiger partial charge on any atom is -0.496 e. The van der Waals surface area contributed by atoms with Crippen molar-refractivity contribution in [3.05, 3.63) is 40.9 Å². The number of hydrogen-bond acceptors (Lipinski definition) is 1. The second-order valence-corrected chi connectivity index (χ2v) is 3.53. The fraction of sp³-hybridized carbons (Fsp3) is 0.273. The molecule has 0 saturated carbocycles. The van der Waals surface area contributed by atoms with E-state index in [1.807, 2.05) is 25.1 Å². The van der Waals surface area contributed by atoms with Gasteiger partial charge in [0.1, 0.15) is 5.75 Å². The molecule has 0 amide bonds. The molecule has 0 spiro atoms. The Morgan fingerprint density at radius 3 is 2.77 bits per heavy atom. The lowest BCUT2D eigenvalue weighted by molar-refractivity contribution is 0.410. The number of ether oxygens (including phenoxy) is 1. The van der Waals surface area contributed by atoms with Crippen molar-refractivity contribution in [2.24, 2.45) is 0 Å². The quantitative estimate of drug-likeness (QED) is 0.673. The van der Waals surface area contributed by atoms with Gasteiger partial charge in [-0.05, 0) is 37.1 Å². The summed E-state index contributed by atoms with van der Waals surface area (Å²) in [5.41, 5.74) is 2.18. The van der Waals surface area contributed by atoms with E-state index in [1.165, 1.54) is 0 Å². The average molecular weight is 197 g/mol. The third-order valence-electron chi connectivity index (χ3n) is 1.73. The monoisotopic (exact) mass is 196 g/mol. The van der Waals surface area contributed by atoms with Gasteiger partial charge in [0.05, 0.1) is 7.11 Å². The summed E-state index contributed by atoms with van der Waals surface area (Å²) >= 11 is 5.87. The third kappa shape index (κ3) is 2.78. The van der Waals surface area contributed by atoms with Gasteiger partial charge in [0.25, 0.3) is 0 Å². The van der Waals surface area contributed by atoms with E-state index >= 15 is 0 Å². The van der Waals surface area contributed by atoms with Crippen molar-refractivity contribution in [2.45, 2.75) is 13.3 Å². The van der Waals surface area contributed by atoms with Gasteiger partial charge >= 0.3 is 0 Å². The van der Waals surface area contributed by atoms with Crippen molar-refractivity contribution in [2.75, 3.05) is 7.11 Å². The van der Waals surface area contributed by atoms with Gasteiger partial charge in [-0.25, -0.2) is 0 Å². The highest BCUT2D eigenvalue weighted by molar-refractivity contribution is 6.30. The summed E-state index contributed by atoms with van der Waals surface area (Å²) in [6, 6.07) is 5.61. The van der Waals surface area contributed by atoms with E-state index in [-0.39, 0.29) is 0 Å². The molecule has 0 bridgehead atoms. The lowest BCUT2D eigenvalue weighted by atomic mass is 10.1. The van der Waals surface area contributed by atoms with Gasteiger partial charge in [-0.3, -0.25) is 0 Å². The van der Waals surface area contributed by atoms with Crippen molar-refractivity contribution in [3.8, 4) is 5.75 Å². The summed E-state index contributed by atoms with van der Waals surface area (Å²) in [4.78, 5) is 0. The molecule has 0 fully saturated rings. The third-order valence-corrected chi connectivity index (χ3v) is 1.97. The average Bonchev–Trinajstić information content (AvgIpc) is 2.03. The molecule has 1 rings (SSSR count). The number of rotatable bonds is 3. The van der Waals surface area contributed by atoms with Gasteiger partial charge in [0.2, 0.25) is 0 Å². The maximum absolute atomic E-state index is 5.87. The van der Waals surface area contributed by atoms with Crippen LogP contribution in [0.4, 0.5) is 0 Å². The van der Waals surface area contributed by atoms with Gasteiger partial charge in [-0.15, -0.1) is 0 Å². The van der Waals surface area contributed by atoms with E-state index in [4.69, 9.17) is 16.3 Å². The molecule has 70 valence electrons. The van der Waals surface area contributed by atoms with Gasteiger partial charge in [0.15, 0.2) is 0 Å². The van der Waals surface area contributed by atoms with Crippen LogP contribution in [-0.2, 0) is 6.42 Å². The van der Waals surface area contributed by atoms with Crippen LogP contribution in [0.15, 0.2) is 30.4 Å². The highest BCUT2D eigenvalue weighted by atomic mass is 35.5. The summed E-state index contributed by atoms with van der Waals surface area (Å²) in [5, 5.41) is 0.733. The Morgan fingerprint density at radius 2 is 2.23 bits per heavy atom. The molecule has 0 aliphatic heterocycles. The van der Waals surface area contributed by atoms with Crippen LogP contribution in [0.1, 0.15) is 12.5 Å². The molecule has 0 atom stereocenters. The molecule has 0 radical (unpaired) electrons. The van der Waals surface area contributed by atoms with Crippen molar-refractivity contribution >= 4 is 11.6 Å². The Bertz CT molecular complexity index is 318. The van der Waals surface area contributed by atoms with E-state index in [1.54, 1.807) is 7.11 Å². The summed E-state index contributed by atoms with van der Waals surface area (Å²) in [7, 11) is 1.66. The summed E-state index contributed by atoms with van der Waals surface area (Å²) in [5.74, 6) is 0.868. The highest BCUT2D eigenvalue weighted by Gasteiger charge is 2.03. The van der Waals surface area contributed by atoms with Gasteiger partial charge in [-0.1, -0.05) is 23.8 Å². The summed E-state index contributed by atoms with van der Waals surface area (Å²) in [6.45, 7) is 5.84. The SMILES string of the molecule is C=C(C)Cc1cc(Cl)ccc1OC. The van der Waals surface area contributed by atoms with Crippen molar-refractivity contribution in [3.63, 3.8) is 0 Å². The number of benzene rings is 1. The molecule has 0 saturated heterocycles. The number of halogens is 1. The molecule has 0 heterocycles. The number of allylic oxidation sites excluding steroid dienone is 1. The van der Waals surface area contributed by atoms with Crippen LogP contribution in [0, 0.1) is 0 Å². The molecule has 2 heteroatoms. The summed E-state index contributed by atoms with van der Waals surface area (Å²) < 4.78 is 5.20. The largest absolute Gasteiger partial charge is 0.496 e. The minimum atomic E-state index is 0.733. The fourth-order valence-electron chi connectivity index (χ4n) is 1.21. The molecule has 13 heavy (non-hydrogen) atoms. The second-order valence-electron chi connectivity index (χ2n) is 3.09. The molecule has 0 aliphatic carbocycles. The topological polar surface area (TPSA) is 9.23 Å². The molecule has 0 N–H and O–H groups in total. The zero-order valence-electron chi connectivity index (χ0n) is 7.93. The molecular weight excluding hydrogens is 184 g/mol. The molecular formula is C11H13ClO. The van der Waals surface area contributed by atoms with E-state index in [9.17, 15) is 0 Å². The van der Waals surface area contributed by atoms with Crippen LogP contribution < -0.4 is 4.74 Å². The van der Waals surface area contributed by atoms with Crippen LogP contribution in [0.5, 0.6) is 5.75 Å². The Labute approximate surface area is 84.0 Å². The number of methoxy groups -OCH3 is 1. The Hall–Kier alpha value is -0.950. The zero-order valence-corrected chi connectivity index (χ0v) is 8.69. The lowest BCUT2D eigenvalue weighted by Crippen LogP contribution is -1.92. The van der Waals surface area contributed by atoms with Crippen LogP contribution >= 0.6 is 11.6 Å². The van der Waals surface area contributed by atoms with Crippen LogP contribution in [0.25, 0.3) is 0 Å². The smallest absolute Gasteiger partial charge is 0.122 e. The lowest BCUT2D eigenvalue weighted by Gasteiger charge is -2.08. The molecule has 0 aliphatic rings. The number of hydrogen-bond donors (Lipinski definition) is 0. The van der Waals surface area contributed by atoms with Crippen LogP contribution in [0.3, 0.4) is 0 Å². The second kappa shape index (κ2) is 4.33. The normalized spacial score (nSPS) is 9.77. The van der Waals surface area contributed by atoms with Gasteiger partial charge in [0, 0.05) is 5.02 Å². The maximum atomic E-state index is 5.87. The first-order chi connectivity index (χ1) is 6.13. The predicted molar refractivity (Wildman–Crippen MR) is 56.5 cm³/mol. The van der Waals surface area contributed by atoms with Crippen LogP contribution in [0.2, 0.25) is 5.02 Å². The zero-order chi connectivity index (χ0) is 9.84. The maximum Gasteiger partial charge on any atom is 0.122 e. The van der Waals surface area contributed by atoms with Gasteiger partial charge in [-0.2, -0.15) is 0 Å². The first-order valence-electron chi connectivity index (χ1n) is 4.10. The van der Waals surface area contributed by atoms with E-state index in [0.29, 0.717) is 0 Å². The van der Waals surface area contributed by atoms with Gasteiger partial charge < -0.3 is 4.74 Å². The molecule has 0 aromatic heterocycles. The highest BCUT2D eigenvalue weighted by Crippen LogP contribution is 2.24. The molecule has 1 aromatic rings. The fourth-order valence-corrected chi connectivity index (χ4v) is 1.41. The molecule has 0 unspecified atom stereocenters. The van der Waals surface area contributed by atoms with Crippen molar-refractivity contribution < 1.29 is 4.74 Å². The van der Waals surface area contributed by atoms with E-state index < -0.39 is 0 Å². The minimum absolute atomic E-state index is 0.733. The Kier molecular flexibility index (Phi) is 3.38. The first-order valence-corrected chi connectivity index (χ1v) is 4.48. The van der Waals surface area contributed by atoms with E-state index in [2.05, 4.69) is 6.58 Å². The van der Waals surface area contributed by atoms with Crippen molar-refractivity contribution in [1.82, 2.24) is 0 Å². The predicted octanol–water partition coefficient (Wildman–Crippen LogP) is 3.47. The first kappa shape index (κ1) is 10.1. The molecule has 1 aromatic carbocycles. The van der Waals surface area contributed by atoms with E-state index in [0.717, 1.165) is 28.3 Å². The Balaban J connectivity index is 3.01. The Morgan fingerprint density at radius 1 is 1.54 bits per heavy atom. The summed E-state index contributed by atoms with van der Waals surface area (Å²) in [6.07, 6.45) is 0.809. The van der Waals surface area contributed by atoms with Crippen molar-refractivity contribution in [1.29, 1.82) is 0 Å².